The number of rotatable bonds is 34. The second-order valence-corrected chi connectivity index (χ2v) is 12.7. The Hall–Kier alpha value is -1.62. The highest BCUT2D eigenvalue weighted by Gasteiger charge is 2.12. The molecule has 0 aromatic rings. The van der Waals surface area contributed by atoms with Crippen LogP contribution in [0.15, 0.2) is 24.3 Å². The number of hydrogen-bond acceptors (Lipinski definition) is 5. The van der Waals surface area contributed by atoms with Crippen molar-refractivity contribution in [1.82, 2.24) is 0 Å². The summed E-state index contributed by atoms with van der Waals surface area (Å²) in [5.41, 5.74) is 0. The molecule has 0 fully saturated rings. The number of esters is 2. The van der Waals surface area contributed by atoms with Crippen LogP contribution in [-0.2, 0) is 19.1 Å². The fraction of sp³-hybridized carbons (Fsp3) is 0.846. The molecule has 0 heterocycles. The second kappa shape index (κ2) is 35.9. The van der Waals surface area contributed by atoms with Gasteiger partial charge < -0.3 is 14.6 Å². The highest BCUT2D eigenvalue weighted by Crippen LogP contribution is 2.12. The third-order valence-corrected chi connectivity index (χ3v) is 8.16. The molecule has 0 atom stereocenters. The lowest BCUT2D eigenvalue weighted by atomic mass is 10.1. The van der Waals surface area contributed by atoms with E-state index < -0.39 is 6.10 Å². The summed E-state index contributed by atoms with van der Waals surface area (Å²) >= 11 is 0. The van der Waals surface area contributed by atoms with Gasteiger partial charge >= 0.3 is 11.9 Å². The fourth-order valence-electron chi connectivity index (χ4n) is 5.25. The molecule has 5 nitrogen and oxygen atoms in total. The number of carbonyl (C=O) groups excluding carboxylic acids is 2. The van der Waals surface area contributed by atoms with Gasteiger partial charge in [-0.1, -0.05) is 141 Å². The van der Waals surface area contributed by atoms with E-state index in [2.05, 4.69) is 38.2 Å². The first-order valence-corrected chi connectivity index (χ1v) is 18.9. The van der Waals surface area contributed by atoms with Crippen molar-refractivity contribution in [2.24, 2.45) is 0 Å². The van der Waals surface area contributed by atoms with Gasteiger partial charge in [0.1, 0.15) is 19.3 Å². The van der Waals surface area contributed by atoms with Crippen LogP contribution in [0, 0.1) is 0 Å². The predicted octanol–water partition coefficient (Wildman–Crippen LogP) is 11.5. The van der Waals surface area contributed by atoms with E-state index in [-0.39, 0.29) is 25.2 Å². The standard InChI is InChI=1S/C39H72O5/c1-3-5-7-9-11-13-15-17-19-21-23-25-27-29-31-33-38(41)43-35-37(40)36-44-39(42)34-32-30-28-26-24-22-20-18-16-14-12-10-8-6-4-2/h23-26,37,40H,3-22,27-36H2,1-2H3/b25-23-,26-24-. The number of aliphatic hydroxyl groups is 1. The minimum atomic E-state index is -0.976. The van der Waals surface area contributed by atoms with E-state index in [0.29, 0.717) is 12.8 Å². The molecule has 0 aromatic heterocycles. The average Bonchev–Trinajstić information content (AvgIpc) is 3.02. The molecule has 0 rings (SSSR count). The maximum absolute atomic E-state index is 11.9. The van der Waals surface area contributed by atoms with Gasteiger partial charge in [-0.15, -0.1) is 0 Å². The molecule has 1 N–H and O–H groups in total. The third-order valence-electron chi connectivity index (χ3n) is 8.16. The Morgan fingerprint density at radius 3 is 1.05 bits per heavy atom. The maximum Gasteiger partial charge on any atom is 0.305 e. The monoisotopic (exact) mass is 621 g/mol. The summed E-state index contributed by atoms with van der Waals surface area (Å²) in [7, 11) is 0. The van der Waals surface area contributed by atoms with Gasteiger partial charge in [-0.3, -0.25) is 9.59 Å². The van der Waals surface area contributed by atoms with Crippen LogP contribution in [0.25, 0.3) is 0 Å². The van der Waals surface area contributed by atoms with Gasteiger partial charge in [-0.2, -0.15) is 0 Å². The van der Waals surface area contributed by atoms with E-state index in [9.17, 15) is 14.7 Å². The van der Waals surface area contributed by atoms with Crippen LogP contribution >= 0.6 is 0 Å². The predicted molar refractivity (Wildman–Crippen MR) is 187 cm³/mol. The van der Waals surface area contributed by atoms with E-state index >= 15 is 0 Å². The minimum absolute atomic E-state index is 0.130. The molecule has 0 saturated carbocycles. The molecule has 0 spiro atoms. The number of hydrogen-bond donors (Lipinski definition) is 1. The number of ether oxygens (including phenoxy) is 2. The summed E-state index contributed by atoms with van der Waals surface area (Å²) in [6, 6.07) is 0. The molecular formula is C39H72O5. The molecular weight excluding hydrogens is 548 g/mol. The van der Waals surface area contributed by atoms with Crippen LogP contribution in [0.4, 0.5) is 0 Å². The van der Waals surface area contributed by atoms with Gasteiger partial charge in [-0.05, 0) is 64.2 Å². The van der Waals surface area contributed by atoms with E-state index in [1.165, 1.54) is 116 Å². The lowest BCUT2D eigenvalue weighted by Gasteiger charge is -2.12. The van der Waals surface area contributed by atoms with Crippen molar-refractivity contribution in [3.8, 4) is 0 Å². The Morgan fingerprint density at radius 2 is 0.727 bits per heavy atom. The van der Waals surface area contributed by atoms with E-state index in [4.69, 9.17) is 9.47 Å². The van der Waals surface area contributed by atoms with Gasteiger partial charge in [0.05, 0.1) is 0 Å². The molecule has 0 aliphatic carbocycles. The number of allylic oxidation sites excluding steroid dienone is 4. The van der Waals surface area contributed by atoms with Crippen molar-refractivity contribution < 1.29 is 24.2 Å². The van der Waals surface area contributed by atoms with Gasteiger partial charge in [0, 0.05) is 12.8 Å². The van der Waals surface area contributed by atoms with Gasteiger partial charge in [0.15, 0.2) is 0 Å². The maximum atomic E-state index is 11.9. The van der Waals surface area contributed by atoms with Crippen LogP contribution in [0.2, 0.25) is 0 Å². The normalized spacial score (nSPS) is 11.7. The summed E-state index contributed by atoms with van der Waals surface area (Å²) in [5, 5.41) is 9.98. The van der Waals surface area contributed by atoms with Gasteiger partial charge in [0.25, 0.3) is 0 Å². The van der Waals surface area contributed by atoms with E-state index in [1.54, 1.807) is 0 Å². The zero-order valence-corrected chi connectivity index (χ0v) is 29.2. The Bertz CT molecular complexity index is 615. The molecule has 0 aliphatic rings. The summed E-state index contributed by atoms with van der Waals surface area (Å²) in [5.74, 6) is -0.611. The molecule has 258 valence electrons. The molecule has 0 aliphatic heterocycles. The zero-order valence-electron chi connectivity index (χ0n) is 29.2. The quantitative estimate of drug-likeness (QED) is 0.0440. The molecule has 0 bridgehead atoms. The number of unbranched alkanes of at least 4 members (excludes halogenated alkanes) is 22. The lowest BCUT2D eigenvalue weighted by Crippen LogP contribution is -2.25. The Balaban J connectivity index is 3.48. The molecule has 0 radical (unpaired) electrons. The largest absolute Gasteiger partial charge is 0.463 e. The van der Waals surface area contributed by atoms with E-state index in [1.807, 2.05) is 0 Å². The topological polar surface area (TPSA) is 72.8 Å². The fourth-order valence-corrected chi connectivity index (χ4v) is 5.25. The van der Waals surface area contributed by atoms with Gasteiger partial charge in [-0.25, -0.2) is 0 Å². The Labute approximate surface area is 273 Å². The second-order valence-electron chi connectivity index (χ2n) is 12.7. The average molecular weight is 621 g/mol. The van der Waals surface area contributed by atoms with Crippen LogP contribution in [0.1, 0.15) is 194 Å². The van der Waals surface area contributed by atoms with Crippen molar-refractivity contribution in [1.29, 1.82) is 0 Å². The third kappa shape index (κ3) is 34.9. The van der Waals surface area contributed by atoms with Crippen LogP contribution < -0.4 is 0 Å². The number of aliphatic hydroxyl groups excluding tert-OH is 1. The van der Waals surface area contributed by atoms with Crippen LogP contribution in [-0.4, -0.2) is 36.4 Å². The van der Waals surface area contributed by atoms with Crippen LogP contribution in [0.5, 0.6) is 0 Å². The van der Waals surface area contributed by atoms with Crippen molar-refractivity contribution in [2.75, 3.05) is 13.2 Å². The highest BCUT2D eigenvalue weighted by molar-refractivity contribution is 5.69. The SMILES string of the molecule is CCCCCCCCCCC/C=C\CCCCC(=O)OCC(O)COC(=O)CCCC/C=C\CCCCCCCCCCC. The zero-order chi connectivity index (χ0) is 32.2. The molecule has 0 saturated heterocycles. The summed E-state index contributed by atoms with van der Waals surface area (Å²) in [6.45, 7) is 4.26. The molecule has 0 amide bonds. The first-order valence-electron chi connectivity index (χ1n) is 18.9. The summed E-state index contributed by atoms with van der Waals surface area (Å²) < 4.78 is 10.3. The first-order chi connectivity index (χ1) is 21.6. The summed E-state index contributed by atoms with van der Waals surface area (Å²) in [6.07, 6.45) is 40.9. The Kier molecular flexibility index (Phi) is 34.5. The molecule has 44 heavy (non-hydrogen) atoms. The van der Waals surface area contributed by atoms with Gasteiger partial charge in [0.2, 0.25) is 0 Å². The first kappa shape index (κ1) is 42.4. The Morgan fingerprint density at radius 1 is 0.455 bits per heavy atom. The number of carbonyl (C=O) groups is 2. The minimum Gasteiger partial charge on any atom is -0.463 e. The molecule has 5 heteroatoms. The molecule has 0 unspecified atom stereocenters. The van der Waals surface area contributed by atoms with E-state index in [0.717, 1.165) is 51.4 Å². The lowest BCUT2D eigenvalue weighted by molar-refractivity contribution is -0.152. The summed E-state index contributed by atoms with van der Waals surface area (Å²) in [4.78, 5) is 23.8. The van der Waals surface area contributed by atoms with Crippen molar-refractivity contribution in [2.45, 2.75) is 200 Å². The smallest absolute Gasteiger partial charge is 0.305 e. The molecule has 0 aromatic carbocycles. The highest BCUT2D eigenvalue weighted by atomic mass is 16.6. The van der Waals surface area contributed by atoms with Crippen molar-refractivity contribution in [3.05, 3.63) is 24.3 Å². The van der Waals surface area contributed by atoms with Crippen molar-refractivity contribution in [3.63, 3.8) is 0 Å². The van der Waals surface area contributed by atoms with Crippen molar-refractivity contribution >= 4 is 11.9 Å². The van der Waals surface area contributed by atoms with Crippen LogP contribution in [0.3, 0.4) is 0 Å².